The molecule has 1 aromatic rings. The van der Waals surface area contributed by atoms with Crippen molar-refractivity contribution in [1.82, 2.24) is 0 Å². The maximum Gasteiger partial charge on any atom is 0.145 e. The Hall–Kier alpha value is -2.02. The van der Waals surface area contributed by atoms with Crippen molar-refractivity contribution in [3.63, 3.8) is 0 Å². The molecule has 6 heteroatoms. The molecular formula is C14H13BrN4O. The lowest BCUT2D eigenvalue weighted by atomic mass is 10.2. The molecule has 20 heavy (non-hydrogen) atoms. The highest BCUT2D eigenvalue weighted by Gasteiger charge is 2.14. The van der Waals surface area contributed by atoms with Crippen molar-refractivity contribution >= 4 is 27.3 Å². The number of halogens is 1. The van der Waals surface area contributed by atoms with E-state index >= 15 is 0 Å². The van der Waals surface area contributed by atoms with Crippen LogP contribution in [0, 0.1) is 22.7 Å². The second kappa shape index (κ2) is 6.95. The Morgan fingerprint density at radius 2 is 2.00 bits per heavy atom. The van der Waals surface area contributed by atoms with E-state index in [-0.39, 0.29) is 5.57 Å². The van der Waals surface area contributed by atoms with Gasteiger partial charge in [0.1, 0.15) is 17.7 Å². The topological polar surface area (TPSA) is 72.1 Å². The average molecular weight is 333 g/mol. The number of anilines is 2. The van der Waals surface area contributed by atoms with Crippen LogP contribution in [0.1, 0.15) is 0 Å². The highest BCUT2D eigenvalue weighted by Crippen LogP contribution is 2.30. The minimum atomic E-state index is 0.0397. The van der Waals surface area contributed by atoms with Crippen LogP contribution in [0.4, 0.5) is 11.4 Å². The Bertz CT molecular complexity index is 578. The molecular weight excluding hydrogens is 320 g/mol. The second-order valence-corrected chi connectivity index (χ2v) is 5.10. The standard InChI is InChI=1S/C14H13BrN4O/c15-12-1-2-14(19-3-5-20-6-4-19)13(7-12)18-10-11(8-16)9-17/h1-2,7,10,18H,3-6H2. The molecule has 0 spiro atoms. The van der Waals surface area contributed by atoms with Crippen LogP contribution in [-0.4, -0.2) is 26.3 Å². The number of nitrogens with one attached hydrogen (secondary N) is 1. The normalized spacial score (nSPS) is 14.1. The summed E-state index contributed by atoms with van der Waals surface area (Å²) in [4.78, 5) is 2.21. The van der Waals surface area contributed by atoms with Gasteiger partial charge < -0.3 is 15.0 Å². The van der Waals surface area contributed by atoms with Crippen LogP contribution in [-0.2, 0) is 4.74 Å². The van der Waals surface area contributed by atoms with Gasteiger partial charge in [0, 0.05) is 23.8 Å². The molecule has 0 aliphatic carbocycles. The summed E-state index contributed by atoms with van der Waals surface area (Å²) >= 11 is 3.43. The molecule has 1 heterocycles. The predicted octanol–water partition coefficient (Wildman–Crippen LogP) is 2.63. The van der Waals surface area contributed by atoms with Crippen LogP contribution in [0.15, 0.2) is 34.4 Å². The Morgan fingerprint density at radius 3 is 2.65 bits per heavy atom. The Kier molecular flexibility index (Phi) is 5.00. The van der Waals surface area contributed by atoms with Gasteiger partial charge >= 0.3 is 0 Å². The summed E-state index contributed by atoms with van der Waals surface area (Å²) in [5, 5.41) is 20.6. The number of allylic oxidation sites excluding steroid dienone is 1. The van der Waals surface area contributed by atoms with Crippen LogP contribution >= 0.6 is 15.9 Å². The highest BCUT2D eigenvalue weighted by atomic mass is 79.9. The van der Waals surface area contributed by atoms with Crippen molar-refractivity contribution in [2.45, 2.75) is 0 Å². The molecule has 1 aliphatic heterocycles. The minimum absolute atomic E-state index is 0.0397. The molecule has 0 saturated carbocycles. The lowest BCUT2D eigenvalue weighted by Gasteiger charge is -2.30. The molecule has 1 N–H and O–H groups in total. The molecule has 0 radical (unpaired) electrons. The van der Waals surface area contributed by atoms with Gasteiger partial charge in [0.15, 0.2) is 0 Å². The van der Waals surface area contributed by atoms with E-state index in [1.54, 1.807) is 0 Å². The summed E-state index contributed by atoms with van der Waals surface area (Å²) < 4.78 is 6.28. The number of morpholine rings is 1. The van der Waals surface area contributed by atoms with E-state index in [2.05, 4.69) is 26.1 Å². The molecule has 1 aliphatic rings. The number of benzene rings is 1. The predicted molar refractivity (Wildman–Crippen MR) is 80.1 cm³/mol. The van der Waals surface area contributed by atoms with Gasteiger partial charge in [0.25, 0.3) is 0 Å². The zero-order chi connectivity index (χ0) is 14.4. The van der Waals surface area contributed by atoms with E-state index < -0.39 is 0 Å². The molecule has 0 amide bonds. The molecule has 1 aromatic carbocycles. The number of hydrogen-bond acceptors (Lipinski definition) is 5. The van der Waals surface area contributed by atoms with Gasteiger partial charge in [-0.15, -0.1) is 0 Å². The maximum absolute atomic E-state index is 8.76. The van der Waals surface area contributed by atoms with E-state index in [0.29, 0.717) is 13.2 Å². The number of nitriles is 2. The van der Waals surface area contributed by atoms with Crippen molar-refractivity contribution in [3.8, 4) is 12.1 Å². The fraction of sp³-hybridized carbons (Fsp3) is 0.286. The quantitative estimate of drug-likeness (QED) is 0.861. The van der Waals surface area contributed by atoms with Gasteiger partial charge in [-0.1, -0.05) is 15.9 Å². The van der Waals surface area contributed by atoms with Crippen molar-refractivity contribution < 1.29 is 4.74 Å². The highest BCUT2D eigenvalue weighted by molar-refractivity contribution is 9.10. The summed E-state index contributed by atoms with van der Waals surface area (Å²) in [6.45, 7) is 3.05. The Labute approximate surface area is 126 Å². The molecule has 0 bridgehead atoms. The molecule has 0 unspecified atom stereocenters. The van der Waals surface area contributed by atoms with Gasteiger partial charge in [0.05, 0.1) is 24.6 Å². The minimum Gasteiger partial charge on any atom is -0.378 e. The van der Waals surface area contributed by atoms with Crippen LogP contribution in [0.25, 0.3) is 0 Å². The number of hydrogen-bond donors (Lipinski definition) is 1. The first kappa shape index (κ1) is 14.4. The van der Waals surface area contributed by atoms with Gasteiger partial charge in [-0.25, -0.2) is 0 Å². The first-order valence-electron chi connectivity index (χ1n) is 6.13. The smallest absolute Gasteiger partial charge is 0.145 e. The van der Waals surface area contributed by atoms with Gasteiger partial charge in [0.2, 0.25) is 0 Å². The van der Waals surface area contributed by atoms with E-state index in [1.807, 2.05) is 30.3 Å². The third kappa shape index (κ3) is 3.51. The van der Waals surface area contributed by atoms with E-state index in [4.69, 9.17) is 15.3 Å². The lowest BCUT2D eigenvalue weighted by molar-refractivity contribution is 0.123. The first-order valence-corrected chi connectivity index (χ1v) is 6.93. The summed E-state index contributed by atoms with van der Waals surface area (Å²) in [6.07, 6.45) is 1.42. The summed E-state index contributed by atoms with van der Waals surface area (Å²) in [5.74, 6) is 0. The largest absolute Gasteiger partial charge is 0.378 e. The van der Waals surface area contributed by atoms with Crippen LogP contribution in [0.3, 0.4) is 0 Å². The van der Waals surface area contributed by atoms with E-state index in [9.17, 15) is 0 Å². The van der Waals surface area contributed by atoms with Gasteiger partial charge in [-0.3, -0.25) is 0 Å². The maximum atomic E-state index is 8.76. The Balaban J connectivity index is 2.26. The molecule has 0 aromatic heterocycles. The zero-order valence-corrected chi connectivity index (χ0v) is 12.4. The second-order valence-electron chi connectivity index (χ2n) is 4.19. The Morgan fingerprint density at radius 1 is 1.30 bits per heavy atom. The third-order valence-corrected chi connectivity index (χ3v) is 3.42. The molecule has 1 fully saturated rings. The van der Waals surface area contributed by atoms with E-state index in [1.165, 1.54) is 6.20 Å². The van der Waals surface area contributed by atoms with E-state index in [0.717, 1.165) is 28.9 Å². The molecule has 102 valence electrons. The third-order valence-electron chi connectivity index (χ3n) is 2.92. The lowest BCUT2D eigenvalue weighted by Crippen LogP contribution is -2.36. The summed E-state index contributed by atoms with van der Waals surface area (Å²) in [5.41, 5.74) is 1.92. The first-order chi connectivity index (χ1) is 9.74. The number of nitrogens with zero attached hydrogens (tertiary/aromatic N) is 3. The van der Waals surface area contributed by atoms with Crippen molar-refractivity contribution in [3.05, 3.63) is 34.4 Å². The van der Waals surface area contributed by atoms with Crippen molar-refractivity contribution in [1.29, 1.82) is 10.5 Å². The van der Waals surface area contributed by atoms with Crippen LogP contribution in [0.5, 0.6) is 0 Å². The number of ether oxygens (including phenoxy) is 1. The van der Waals surface area contributed by atoms with Crippen molar-refractivity contribution in [2.24, 2.45) is 0 Å². The number of rotatable bonds is 3. The monoisotopic (exact) mass is 332 g/mol. The fourth-order valence-electron chi connectivity index (χ4n) is 1.94. The summed E-state index contributed by atoms with van der Waals surface area (Å²) in [7, 11) is 0. The van der Waals surface area contributed by atoms with Crippen LogP contribution < -0.4 is 10.2 Å². The van der Waals surface area contributed by atoms with Gasteiger partial charge in [-0.2, -0.15) is 10.5 Å². The average Bonchev–Trinajstić information content (AvgIpc) is 2.49. The summed E-state index contributed by atoms with van der Waals surface area (Å²) in [6, 6.07) is 9.55. The molecule has 1 saturated heterocycles. The van der Waals surface area contributed by atoms with Crippen molar-refractivity contribution in [2.75, 3.05) is 36.5 Å². The SMILES string of the molecule is N#CC(C#N)=CNc1cc(Br)ccc1N1CCOCC1. The zero-order valence-electron chi connectivity index (χ0n) is 10.8. The van der Waals surface area contributed by atoms with Crippen LogP contribution in [0.2, 0.25) is 0 Å². The molecule has 5 nitrogen and oxygen atoms in total. The molecule has 0 atom stereocenters. The fourth-order valence-corrected chi connectivity index (χ4v) is 2.30. The van der Waals surface area contributed by atoms with Gasteiger partial charge in [-0.05, 0) is 18.2 Å². The molecule has 2 rings (SSSR count).